The fraction of sp³-hybridized carbons (Fsp3) is 0.571. The highest BCUT2D eigenvalue weighted by Gasteiger charge is 2.05. The van der Waals surface area contributed by atoms with E-state index < -0.39 is 0 Å². The van der Waals surface area contributed by atoms with Crippen molar-refractivity contribution in [2.75, 3.05) is 19.8 Å². The van der Waals surface area contributed by atoms with Crippen LogP contribution < -0.4 is 9.47 Å². The summed E-state index contributed by atoms with van der Waals surface area (Å²) in [6, 6.07) is 5.59. The first-order chi connectivity index (χ1) is 12.2. The lowest BCUT2D eigenvalue weighted by Gasteiger charge is -2.10. The van der Waals surface area contributed by atoms with E-state index in [4.69, 9.17) is 14.2 Å². The highest BCUT2D eigenvalue weighted by Crippen LogP contribution is 2.26. The van der Waals surface area contributed by atoms with Crippen molar-refractivity contribution in [1.29, 1.82) is 0 Å². The van der Waals surface area contributed by atoms with Gasteiger partial charge >= 0.3 is 5.97 Å². The SMILES string of the molecule is CCCCCCCCOC(=O)C=Cc1ccc(OCC)cc1OCC. The lowest BCUT2D eigenvalue weighted by molar-refractivity contribution is -0.137. The monoisotopic (exact) mass is 348 g/mol. The third-order valence-corrected chi connectivity index (χ3v) is 3.74. The van der Waals surface area contributed by atoms with Gasteiger partial charge in [-0.05, 0) is 38.5 Å². The smallest absolute Gasteiger partial charge is 0.330 e. The molecule has 25 heavy (non-hydrogen) atoms. The number of benzene rings is 1. The molecule has 140 valence electrons. The molecule has 0 heterocycles. The molecule has 0 bridgehead atoms. The average molecular weight is 348 g/mol. The van der Waals surface area contributed by atoms with Crippen LogP contribution in [0.15, 0.2) is 24.3 Å². The highest BCUT2D eigenvalue weighted by molar-refractivity contribution is 5.87. The van der Waals surface area contributed by atoms with E-state index in [0.29, 0.717) is 25.6 Å². The second-order valence-electron chi connectivity index (χ2n) is 5.83. The van der Waals surface area contributed by atoms with Crippen molar-refractivity contribution >= 4 is 12.0 Å². The number of unbranched alkanes of at least 4 members (excludes halogenated alkanes) is 5. The Kier molecular flexibility index (Phi) is 11.2. The summed E-state index contributed by atoms with van der Waals surface area (Å²) in [5.41, 5.74) is 0.835. The van der Waals surface area contributed by atoms with Crippen molar-refractivity contribution in [3.05, 3.63) is 29.8 Å². The van der Waals surface area contributed by atoms with Crippen molar-refractivity contribution in [2.24, 2.45) is 0 Å². The number of carbonyl (C=O) groups is 1. The van der Waals surface area contributed by atoms with Crippen molar-refractivity contribution in [3.8, 4) is 11.5 Å². The largest absolute Gasteiger partial charge is 0.494 e. The van der Waals surface area contributed by atoms with Gasteiger partial charge in [-0.2, -0.15) is 0 Å². The molecule has 0 fully saturated rings. The van der Waals surface area contributed by atoms with Crippen LogP contribution in [0.25, 0.3) is 6.08 Å². The van der Waals surface area contributed by atoms with Gasteiger partial charge in [-0.3, -0.25) is 0 Å². The Morgan fingerprint density at radius 2 is 1.68 bits per heavy atom. The molecular formula is C21H32O4. The predicted octanol–water partition coefficient (Wildman–Crippen LogP) is 5.40. The van der Waals surface area contributed by atoms with Gasteiger partial charge in [0.15, 0.2) is 0 Å². The van der Waals surface area contributed by atoms with Gasteiger partial charge in [-0.1, -0.05) is 39.0 Å². The predicted molar refractivity (Wildman–Crippen MR) is 102 cm³/mol. The molecule has 4 nitrogen and oxygen atoms in total. The maximum atomic E-state index is 11.8. The Labute approximate surface area is 152 Å². The third-order valence-electron chi connectivity index (χ3n) is 3.74. The quantitative estimate of drug-likeness (QED) is 0.272. The van der Waals surface area contributed by atoms with Crippen LogP contribution >= 0.6 is 0 Å². The zero-order valence-electron chi connectivity index (χ0n) is 15.9. The minimum Gasteiger partial charge on any atom is -0.494 e. The van der Waals surface area contributed by atoms with Crippen LogP contribution in [0.5, 0.6) is 11.5 Å². The summed E-state index contributed by atoms with van der Waals surface area (Å²) in [6.45, 7) is 7.71. The molecule has 4 heteroatoms. The molecule has 1 aromatic rings. The van der Waals surface area contributed by atoms with Gasteiger partial charge in [0.1, 0.15) is 11.5 Å². The standard InChI is InChI=1S/C21H32O4/c1-4-7-8-9-10-11-16-25-21(22)15-13-18-12-14-19(23-5-2)17-20(18)24-6-3/h12-15,17H,4-11,16H2,1-3H3. The van der Waals surface area contributed by atoms with E-state index in [-0.39, 0.29) is 5.97 Å². The molecule has 0 aliphatic carbocycles. The first-order valence-electron chi connectivity index (χ1n) is 9.45. The number of hydrogen-bond acceptors (Lipinski definition) is 4. The van der Waals surface area contributed by atoms with E-state index in [1.165, 1.54) is 31.8 Å². The molecule has 0 amide bonds. The number of hydrogen-bond donors (Lipinski definition) is 0. The van der Waals surface area contributed by atoms with Gasteiger partial charge < -0.3 is 14.2 Å². The van der Waals surface area contributed by atoms with E-state index in [2.05, 4.69) is 6.92 Å². The minimum atomic E-state index is -0.315. The number of ether oxygens (including phenoxy) is 3. The van der Waals surface area contributed by atoms with Gasteiger partial charge in [0.05, 0.1) is 19.8 Å². The molecule has 0 spiro atoms. The van der Waals surface area contributed by atoms with Crippen molar-refractivity contribution in [1.82, 2.24) is 0 Å². The molecule has 0 saturated heterocycles. The Morgan fingerprint density at radius 1 is 0.960 bits per heavy atom. The van der Waals surface area contributed by atoms with Crippen molar-refractivity contribution in [3.63, 3.8) is 0 Å². The summed E-state index contributed by atoms with van der Waals surface area (Å²) in [5.74, 6) is 1.15. The van der Waals surface area contributed by atoms with Crippen LogP contribution in [0.2, 0.25) is 0 Å². The van der Waals surface area contributed by atoms with E-state index in [1.54, 1.807) is 6.08 Å². The van der Waals surface area contributed by atoms with Gasteiger partial charge in [0.25, 0.3) is 0 Å². The molecule has 1 rings (SSSR count). The first-order valence-corrected chi connectivity index (χ1v) is 9.45. The minimum absolute atomic E-state index is 0.315. The maximum absolute atomic E-state index is 11.8. The molecule has 0 atom stereocenters. The number of rotatable bonds is 13. The van der Waals surface area contributed by atoms with Crippen LogP contribution in [0, 0.1) is 0 Å². The molecule has 0 aromatic heterocycles. The van der Waals surface area contributed by atoms with Crippen LogP contribution in [-0.4, -0.2) is 25.8 Å². The maximum Gasteiger partial charge on any atom is 0.330 e. The molecule has 0 aliphatic heterocycles. The molecule has 1 aromatic carbocycles. The molecule has 0 unspecified atom stereocenters. The van der Waals surface area contributed by atoms with Crippen LogP contribution in [-0.2, 0) is 9.53 Å². The average Bonchev–Trinajstić information content (AvgIpc) is 2.61. The second-order valence-corrected chi connectivity index (χ2v) is 5.83. The van der Waals surface area contributed by atoms with E-state index >= 15 is 0 Å². The van der Waals surface area contributed by atoms with Gasteiger partial charge in [-0.25, -0.2) is 4.79 Å². The Bertz CT molecular complexity index is 523. The lowest BCUT2D eigenvalue weighted by Crippen LogP contribution is -2.02. The molecular weight excluding hydrogens is 316 g/mol. The summed E-state index contributed by atoms with van der Waals surface area (Å²) in [4.78, 5) is 11.8. The zero-order chi connectivity index (χ0) is 18.3. The Balaban J connectivity index is 2.44. The highest BCUT2D eigenvalue weighted by atomic mass is 16.5. The number of carbonyl (C=O) groups excluding carboxylic acids is 1. The lowest BCUT2D eigenvalue weighted by atomic mass is 10.1. The topological polar surface area (TPSA) is 44.8 Å². The van der Waals surface area contributed by atoms with Gasteiger partial charge in [-0.15, -0.1) is 0 Å². The van der Waals surface area contributed by atoms with Gasteiger partial charge in [0, 0.05) is 17.7 Å². The molecule has 0 aliphatic rings. The normalized spacial score (nSPS) is 10.8. The van der Waals surface area contributed by atoms with E-state index in [0.717, 1.165) is 24.2 Å². The summed E-state index contributed by atoms with van der Waals surface area (Å²) in [5, 5.41) is 0. The second kappa shape index (κ2) is 13.3. The van der Waals surface area contributed by atoms with Crippen molar-refractivity contribution in [2.45, 2.75) is 59.3 Å². The Morgan fingerprint density at radius 3 is 2.40 bits per heavy atom. The first kappa shape index (κ1) is 21.1. The van der Waals surface area contributed by atoms with Gasteiger partial charge in [0.2, 0.25) is 0 Å². The van der Waals surface area contributed by atoms with E-state index in [9.17, 15) is 4.79 Å². The third kappa shape index (κ3) is 9.18. The van der Waals surface area contributed by atoms with Crippen LogP contribution in [0.1, 0.15) is 64.9 Å². The summed E-state index contributed by atoms with van der Waals surface area (Å²) in [6.07, 6.45) is 10.2. The summed E-state index contributed by atoms with van der Waals surface area (Å²) >= 11 is 0. The Hall–Kier alpha value is -1.97. The van der Waals surface area contributed by atoms with Crippen LogP contribution in [0.3, 0.4) is 0 Å². The summed E-state index contributed by atoms with van der Waals surface area (Å²) < 4.78 is 16.3. The zero-order valence-corrected chi connectivity index (χ0v) is 15.9. The van der Waals surface area contributed by atoms with Crippen LogP contribution in [0.4, 0.5) is 0 Å². The van der Waals surface area contributed by atoms with E-state index in [1.807, 2.05) is 32.0 Å². The fourth-order valence-corrected chi connectivity index (χ4v) is 2.45. The molecule has 0 saturated carbocycles. The van der Waals surface area contributed by atoms with Crippen molar-refractivity contribution < 1.29 is 19.0 Å². The summed E-state index contributed by atoms with van der Waals surface area (Å²) in [7, 11) is 0. The number of esters is 1. The fourth-order valence-electron chi connectivity index (χ4n) is 2.45. The molecule has 0 radical (unpaired) electrons. The molecule has 0 N–H and O–H groups in total.